The van der Waals surface area contributed by atoms with E-state index in [4.69, 9.17) is 15.9 Å². The summed E-state index contributed by atoms with van der Waals surface area (Å²) in [5.41, 5.74) is 6.48. The second kappa shape index (κ2) is 5.72. The quantitative estimate of drug-likeness (QED) is 0.547. The van der Waals surface area contributed by atoms with Crippen LogP contribution in [0.25, 0.3) is 0 Å². The number of aliphatic hydroxyl groups is 1. The number of aliphatic hydroxyl groups excluding tert-OH is 1. The molecule has 4 heteroatoms. The maximum Gasteiger partial charge on any atom is 0.307 e. The number of hydrogen-bond acceptors (Lipinski definition) is 3. The fraction of sp³-hybridized carbons (Fsp3) is 0.667. The van der Waals surface area contributed by atoms with Crippen LogP contribution in [0.5, 0.6) is 0 Å². The summed E-state index contributed by atoms with van der Waals surface area (Å²) >= 11 is 0. The van der Waals surface area contributed by atoms with Crippen LogP contribution in [0.1, 0.15) is 26.7 Å². The van der Waals surface area contributed by atoms with Gasteiger partial charge in [-0.25, -0.2) is 0 Å². The number of carbonyl (C=O) groups is 1. The van der Waals surface area contributed by atoms with Crippen molar-refractivity contribution in [1.29, 1.82) is 0 Å². The second-order valence-electron chi connectivity index (χ2n) is 3.26. The van der Waals surface area contributed by atoms with Crippen LogP contribution in [0.2, 0.25) is 0 Å². The normalized spacial score (nSPS) is 16.8. The Bertz CT molecular complexity index is 199. The molecular formula is C9H17NO3. The molecule has 0 saturated heterocycles. The van der Waals surface area contributed by atoms with E-state index in [1.54, 1.807) is 13.0 Å². The average Bonchev–Trinajstić information content (AvgIpc) is 2.00. The van der Waals surface area contributed by atoms with E-state index in [1.165, 1.54) is 0 Å². The molecule has 0 bridgehead atoms. The zero-order chi connectivity index (χ0) is 10.4. The van der Waals surface area contributed by atoms with Gasteiger partial charge in [-0.1, -0.05) is 11.6 Å². The predicted octanol–water partition coefficient (Wildman–Crippen LogP) is 0.506. The molecule has 76 valence electrons. The molecule has 13 heavy (non-hydrogen) atoms. The lowest BCUT2D eigenvalue weighted by Crippen LogP contribution is -2.32. The van der Waals surface area contributed by atoms with E-state index in [9.17, 15) is 4.79 Å². The summed E-state index contributed by atoms with van der Waals surface area (Å²) in [6.07, 6.45) is 1.60. The number of carboxylic acids is 1. The first-order valence-corrected chi connectivity index (χ1v) is 4.24. The summed E-state index contributed by atoms with van der Waals surface area (Å²) < 4.78 is 0. The van der Waals surface area contributed by atoms with Crippen molar-refractivity contribution in [3.8, 4) is 0 Å². The monoisotopic (exact) mass is 187 g/mol. The van der Waals surface area contributed by atoms with Gasteiger partial charge in [-0.2, -0.15) is 0 Å². The third-order valence-corrected chi connectivity index (χ3v) is 1.80. The maximum absolute atomic E-state index is 10.2. The van der Waals surface area contributed by atoms with Crippen LogP contribution in [0, 0.1) is 0 Å². The molecule has 4 nitrogen and oxygen atoms in total. The highest BCUT2D eigenvalue weighted by Gasteiger charge is 2.09. The number of hydrogen-bond donors (Lipinski definition) is 3. The Balaban J connectivity index is 3.91. The first kappa shape index (κ1) is 12.1. The average molecular weight is 187 g/mol. The molecule has 0 radical (unpaired) electrons. The summed E-state index contributed by atoms with van der Waals surface area (Å²) in [5.74, 6) is -0.857. The van der Waals surface area contributed by atoms with E-state index in [0.29, 0.717) is 6.42 Å². The van der Waals surface area contributed by atoms with Gasteiger partial charge in [-0.15, -0.1) is 0 Å². The molecule has 0 spiro atoms. The van der Waals surface area contributed by atoms with Crippen molar-refractivity contribution in [2.45, 2.75) is 38.8 Å². The van der Waals surface area contributed by atoms with Crippen LogP contribution in [0.3, 0.4) is 0 Å². The van der Waals surface area contributed by atoms with Gasteiger partial charge >= 0.3 is 5.97 Å². The highest BCUT2D eigenvalue weighted by Crippen LogP contribution is 2.06. The van der Waals surface area contributed by atoms with E-state index in [-0.39, 0.29) is 12.5 Å². The minimum absolute atomic E-state index is 0.0123. The van der Waals surface area contributed by atoms with Crippen molar-refractivity contribution in [1.82, 2.24) is 0 Å². The Morgan fingerprint density at radius 1 is 1.62 bits per heavy atom. The van der Waals surface area contributed by atoms with Crippen LogP contribution in [-0.4, -0.2) is 28.3 Å². The largest absolute Gasteiger partial charge is 0.481 e. The standard InChI is InChI=1S/C9H17NO3/c1-6(3-4-9(12)13)5-8(10)7(2)11/h3,7-8,11H,4-5,10H2,1-2H3,(H,12,13)/b6-3+. The molecule has 0 aliphatic rings. The molecule has 4 N–H and O–H groups in total. The summed E-state index contributed by atoms with van der Waals surface area (Å²) in [5, 5.41) is 17.5. The Labute approximate surface area is 78.1 Å². The van der Waals surface area contributed by atoms with Crippen LogP contribution >= 0.6 is 0 Å². The summed E-state index contributed by atoms with van der Waals surface area (Å²) in [6, 6.07) is -0.315. The summed E-state index contributed by atoms with van der Waals surface area (Å²) in [6.45, 7) is 3.43. The van der Waals surface area contributed by atoms with Gasteiger partial charge in [-0.3, -0.25) is 4.79 Å². The van der Waals surface area contributed by atoms with Gasteiger partial charge in [0.2, 0.25) is 0 Å². The Morgan fingerprint density at radius 3 is 2.54 bits per heavy atom. The smallest absolute Gasteiger partial charge is 0.307 e. The first-order chi connectivity index (χ1) is 5.93. The highest BCUT2D eigenvalue weighted by molar-refractivity contribution is 5.68. The van der Waals surface area contributed by atoms with Gasteiger partial charge in [0.25, 0.3) is 0 Å². The number of rotatable bonds is 5. The summed E-state index contributed by atoms with van der Waals surface area (Å²) in [4.78, 5) is 10.2. The molecule has 0 aromatic carbocycles. The van der Waals surface area contributed by atoms with Gasteiger partial charge in [-0.05, 0) is 20.3 Å². The van der Waals surface area contributed by atoms with Crippen molar-refractivity contribution in [3.05, 3.63) is 11.6 Å². The van der Waals surface area contributed by atoms with Gasteiger partial charge in [0, 0.05) is 6.04 Å². The third-order valence-electron chi connectivity index (χ3n) is 1.80. The Kier molecular flexibility index (Phi) is 5.34. The van der Waals surface area contributed by atoms with Crippen molar-refractivity contribution in [2.75, 3.05) is 0 Å². The molecule has 0 rings (SSSR count). The SMILES string of the molecule is C/C(=C\CC(=O)O)CC(N)C(C)O. The van der Waals surface area contributed by atoms with E-state index in [1.807, 2.05) is 6.92 Å². The van der Waals surface area contributed by atoms with Gasteiger partial charge < -0.3 is 15.9 Å². The lowest BCUT2D eigenvalue weighted by atomic mass is 10.0. The van der Waals surface area contributed by atoms with Crippen LogP contribution in [-0.2, 0) is 4.79 Å². The van der Waals surface area contributed by atoms with E-state index in [2.05, 4.69) is 0 Å². The Hall–Kier alpha value is -0.870. The predicted molar refractivity (Wildman–Crippen MR) is 50.3 cm³/mol. The lowest BCUT2D eigenvalue weighted by molar-refractivity contribution is -0.136. The van der Waals surface area contributed by atoms with Crippen molar-refractivity contribution >= 4 is 5.97 Å². The van der Waals surface area contributed by atoms with Crippen molar-refractivity contribution in [2.24, 2.45) is 5.73 Å². The van der Waals surface area contributed by atoms with E-state index >= 15 is 0 Å². The number of aliphatic carboxylic acids is 1. The van der Waals surface area contributed by atoms with Crippen molar-refractivity contribution in [3.63, 3.8) is 0 Å². The molecule has 2 atom stereocenters. The van der Waals surface area contributed by atoms with Crippen LogP contribution in [0.15, 0.2) is 11.6 Å². The first-order valence-electron chi connectivity index (χ1n) is 4.24. The van der Waals surface area contributed by atoms with Crippen LogP contribution in [0.4, 0.5) is 0 Å². The molecule has 2 unspecified atom stereocenters. The number of carboxylic acid groups (broad SMARTS) is 1. The molecule has 0 fully saturated rings. The zero-order valence-corrected chi connectivity index (χ0v) is 8.03. The molecule has 0 aromatic heterocycles. The van der Waals surface area contributed by atoms with Gasteiger partial charge in [0.1, 0.15) is 0 Å². The molecule has 0 amide bonds. The summed E-state index contributed by atoms with van der Waals surface area (Å²) in [7, 11) is 0. The van der Waals surface area contributed by atoms with Crippen LogP contribution < -0.4 is 5.73 Å². The fourth-order valence-corrected chi connectivity index (χ4v) is 0.887. The highest BCUT2D eigenvalue weighted by atomic mass is 16.4. The Morgan fingerprint density at radius 2 is 2.15 bits per heavy atom. The van der Waals surface area contributed by atoms with Gasteiger partial charge in [0.15, 0.2) is 0 Å². The van der Waals surface area contributed by atoms with Gasteiger partial charge in [0.05, 0.1) is 12.5 Å². The molecule has 0 aliphatic heterocycles. The molecule has 0 heterocycles. The zero-order valence-electron chi connectivity index (χ0n) is 8.03. The third kappa shape index (κ3) is 6.31. The fourth-order valence-electron chi connectivity index (χ4n) is 0.887. The topological polar surface area (TPSA) is 83.5 Å². The maximum atomic E-state index is 10.2. The molecule has 0 aliphatic carbocycles. The molecular weight excluding hydrogens is 170 g/mol. The van der Waals surface area contributed by atoms with E-state index in [0.717, 1.165) is 5.57 Å². The van der Waals surface area contributed by atoms with E-state index < -0.39 is 12.1 Å². The lowest BCUT2D eigenvalue weighted by Gasteiger charge is -2.14. The molecule has 0 saturated carbocycles. The molecule has 0 aromatic rings. The minimum atomic E-state index is -0.857. The minimum Gasteiger partial charge on any atom is -0.481 e. The van der Waals surface area contributed by atoms with Crippen molar-refractivity contribution < 1.29 is 15.0 Å². The number of nitrogens with two attached hydrogens (primary N) is 1. The second-order valence-corrected chi connectivity index (χ2v) is 3.26.